The molecule has 0 atom stereocenters. The highest BCUT2D eigenvalue weighted by atomic mass is 16.3. The van der Waals surface area contributed by atoms with Crippen LogP contribution in [0.5, 0.6) is 0 Å². The minimum atomic E-state index is -0.176. The predicted octanol–water partition coefficient (Wildman–Crippen LogP) is 10.9. The van der Waals surface area contributed by atoms with Gasteiger partial charge in [0.25, 0.3) is 0 Å². The molecule has 3 heteroatoms. The SMILES string of the molecule is CC1(C)c2ccc(-c3cccc(C#N)c3)cc2-c2c(N(c3ccccc3)c3cccc4oc5ccccc5c34)cccc21. The van der Waals surface area contributed by atoms with Crippen LogP contribution in [0.15, 0.2) is 138 Å². The first-order chi connectivity index (χ1) is 21.0. The van der Waals surface area contributed by atoms with Crippen molar-refractivity contribution in [1.82, 2.24) is 0 Å². The number of nitriles is 1. The number of para-hydroxylation sites is 2. The van der Waals surface area contributed by atoms with Crippen molar-refractivity contribution in [3.8, 4) is 28.3 Å². The maximum atomic E-state index is 9.54. The summed E-state index contributed by atoms with van der Waals surface area (Å²) in [5, 5.41) is 11.7. The summed E-state index contributed by atoms with van der Waals surface area (Å²) < 4.78 is 6.33. The fourth-order valence-electron chi connectivity index (χ4n) is 6.85. The molecule has 6 aromatic carbocycles. The molecule has 8 rings (SSSR count). The zero-order valence-electron chi connectivity index (χ0n) is 24.0. The van der Waals surface area contributed by atoms with Crippen LogP contribution in [0.4, 0.5) is 17.1 Å². The van der Waals surface area contributed by atoms with E-state index in [9.17, 15) is 5.26 Å². The van der Waals surface area contributed by atoms with Crippen LogP contribution in [0.25, 0.3) is 44.2 Å². The summed E-state index contributed by atoms with van der Waals surface area (Å²) in [4.78, 5) is 2.39. The topological polar surface area (TPSA) is 40.2 Å². The van der Waals surface area contributed by atoms with Crippen LogP contribution in [0.2, 0.25) is 0 Å². The zero-order valence-corrected chi connectivity index (χ0v) is 24.0. The van der Waals surface area contributed by atoms with E-state index in [4.69, 9.17) is 4.42 Å². The third-order valence-corrected chi connectivity index (χ3v) is 8.88. The lowest BCUT2D eigenvalue weighted by Crippen LogP contribution is -2.16. The lowest BCUT2D eigenvalue weighted by Gasteiger charge is -2.29. The van der Waals surface area contributed by atoms with Crippen LogP contribution in [-0.4, -0.2) is 0 Å². The molecular formula is C40H28N2O. The second-order valence-electron chi connectivity index (χ2n) is 11.7. The van der Waals surface area contributed by atoms with Crippen molar-refractivity contribution in [3.05, 3.63) is 150 Å². The molecule has 43 heavy (non-hydrogen) atoms. The van der Waals surface area contributed by atoms with Crippen LogP contribution in [0.1, 0.15) is 30.5 Å². The number of hydrogen-bond acceptors (Lipinski definition) is 3. The molecule has 1 aliphatic rings. The normalized spacial score (nSPS) is 13.0. The first-order valence-corrected chi connectivity index (χ1v) is 14.6. The first-order valence-electron chi connectivity index (χ1n) is 14.6. The molecule has 0 unspecified atom stereocenters. The van der Waals surface area contributed by atoms with E-state index in [-0.39, 0.29) is 5.41 Å². The molecule has 0 spiro atoms. The summed E-state index contributed by atoms with van der Waals surface area (Å²) in [6, 6.07) is 48.8. The zero-order chi connectivity index (χ0) is 29.1. The Morgan fingerprint density at radius 3 is 2.21 bits per heavy atom. The standard InChI is InChI=1S/C40H28N2O/c1-40(2)32-22-21-28(27-12-8-11-26(23-27)25-41)24-31(32)38-33(40)16-9-17-34(38)42(29-13-4-3-5-14-29)35-18-10-20-37-39(35)30-15-6-7-19-36(30)43-37/h3-24H,1-2H3. The number of anilines is 3. The molecule has 1 aliphatic carbocycles. The van der Waals surface area contributed by atoms with Gasteiger partial charge in [-0.25, -0.2) is 0 Å². The second kappa shape index (κ2) is 9.48. The van der Waals surface area contributed by atoms with E-state index in [1.54, 1.807) is 0 Å². The number of furan rings is 1. The monoisotopic (exact) mass is 552 g/mol. The molecule has 1 aromatic heterocycles. The van der Waals surface area contributed by atoms with Crippen LogP contribution in [0, 0.1) is 11.3 Å². The average Bonchev–Trinajstić information content (AvgIpc) is 3.55. The van der Waals surface area contributed by atoms with Gasteiger partial charge in [0.15, 0.2) is 0 Å². The third kappa shape index (κ3) is 3.81. The molecule has 1 heterocycles. The number of benzene rings is 6. The Hall–Kier alpha value is -5.59. The number of fused-ring (bicyclic) bond motifs is 6. The Morgan fingerprint density at radius 2 is 1.35 bits per heavy atom. The lowest BCUT2D eigenvalue weighted by atomic mass is 9.82. The highest BCUT2D eigenvalue weighted by molar-refractivity contribution is 6.14. The van der Waals surface area contributed by atoms with Crippen molar-refractivity contribution in [2.45, 2.75) is 19.3 Å². The summed E-state index contributed by atoms with van der Waals surface area (Å²) >= 11 is 0. The summed E-state index contributed by atoms with van der Waals surface area (Å²) in [5.41, 5.74) is 12.7. The number of rotatable bonds is 4. The maximum absolute atomic E-state index is 9.54. The molecule has 0 aliphatic heterocycles. The van der Waals surface area contributed by atoms with Gasteiger partial charge in [-0.15, -0.1) is 0 Å². The molecule has 3 nitrogen and oxygen atoms in total. The van der Waals surface area contributed by atoms with E-state index in [1.807, 2.05) is 30.3 Å². The Bertz CT molecular complexity index is 2230. The molecule has 0 radical (unpaired) electrons. The molecule has 0 amide bonds. The van der Waals surface area contributed by atoms with Crippen molar-refractivity contribution in [2.24, 2.45) is 0 Å². The van der Waals surface area contributed by atoms with Crippen LogP contribution < -0.4 is 4.90 Å². The molecule has 0 saturated heterocycles. The third-order valence-electron chi connectivity index (χ3n) is 8.88. The van der Waals surface area contributed by atoms with Gasteiger partial charge in [0.1, 0.15) is 11.2 Å². The summed E-state index contributed by atoms with van der Waals surface area (Å²) in [5.74, 6) is 0. The van der Waals surface area contributed by atoms with E-state index >= 15 is 0 Å². The Kier molecular flexibility index (Phi) is 5.54. The molecule has 0 N–H and O–H groups in total. The summed E-state index contributed by atoms with van der Waals surface area (Å²) in [6.45, 7) is 4.63. The van der Waals surface area contributed by atoms with Crippen LogP contribution in [0.3, 0.4) is 0 Å². The highest BCUT2D eigenvalue weighted by Crippen LogP contribution is 2.55. The maximum Gasteiger partial charge on any atom is 0.137 e. The molecule has 0 saturated carbocycles. The summed E-state index contributed by atoms with van der Waals surface area (Å²) in [6.07, 6.45) is 0. The Balaban J connectivity index is 1.43. The van der Waals surface area contributed by atoms with Crippen LogP contribution >= 0.6 is 0 Å². The van der Waals surface area contributed by atoms with Gasteiger partial charge in [0, 0.05) is 22.1 Å². The molecule has 0 fully saturated rings. The Labute approximate surface area is 250 Å². The van der Waals surface area contributed by atoms with E-state index in [0.29, 0.717) is 5.56 Å². The first kappa shape index (κ1) is 25.1. The molecular weight excluding hydrogens is 524 g/mol. The minimum absolute atomic E-state index is 0.176. The predicted molar refractivity (Wildman–Crippen MR) is 176 cm³/mol. The molecule has 0 bridgehead atoms. The number of hydrogen-bond donors (Lipinski definition) is 0. The van der Waals surface area contributed by atoms with Gasteiger partial charge in [0.2, 0.25) is 0 Å². The lowest BCUT2D eigenvalue weighted by molar-refractivity contribution is 0.660. The fraction of sp³-hybridized carbons (Fsp3) is 0.0750. The largest absolute Gasteiger partial charge is 0.456 e. The van der Waals surface area contributed by atoms with Gasteiger partial charge in [-0.05, 0) is 82.4 Å². The second-order valence-corrected chi connectivity index (χ2v) is 11.7. The smallest absolute Gasteiger partial charge is 0.137 e. The van der Waals surface area contributed by atoms with Gasteiger partial charge in [-0.1, -0.05) is 92.7 Å². The van der Waals surface area contributed by atoms with Gasteiger partial charge in [-0.3, -0.25) is 0 Å². The van der Waals surface area contributed by atoms with E-state index < -0.39 is 0 Å². The van der Waals surface area contributed by atoms with Gasteiger partial charge in [-0.2, -0.15) is 5.26 Å². The summed E-state index contributed by atoms with van der Waals surface area (Å²) in [7, 11) is 0. The van der Waals surface area contributed by atoms with Crippen molar-refractivity contribution in [2.75, 3.05) is 4.90 Å². The highest BCUT2D eigenvalue weighted by Gasteiger charge is 2.38. The minimum Gasteiger partial charge on any atom is -0.456 e. The van der Waals surface area contributed by atoms with Crippen molar-refractivity contribution in [1.29, 1.82) is 5.26 Å². The van der Waals surface area contributed by atoms with Gasteiger partial charge < -0.3 is 9.32 Å². The Morgan fingerprint density at radius 1 is 0.628 bits per heavy atom. The van der Waals surface area contributed by atoms with Crippen molar-refractivity contribution in [3.63, 3.8) is 0 Å². The van der Waals surface area contributed by atoms with Crippen molar-refractivity contribution >= 4 is 39.0 Å². The average molecular weight is 553 g/mol. The van der Waals surface area contributed by atoms with Gasteiger partial charge in [0.05, 0.1) is 28.4 Å². The van der Waals surface area contributed by atoms with E-state index in [2.05, 4.69) is 128 Å². The molecule has 7 aromatic rings. The van der Waals surface area contributed by atoms with E-state index in [0.717, 1.165) is 50.1 Å². The van der Waals surface area contributed by atoms with Gasteiger partial charge >= 0.3 is 0 Å². The van der Waals surface area contributed by atoms with Crippen molar-refractivity contribution < 1.29 is 4.42 Å². The van der Waals surface area contributed by atoms with E-state index in [1.165, 1.54) is 22.3 Å². The fourth-order valence-corrected chi connectivity index (χ4v) is 6.85. The molecule has 204 valence electrons. The van der Waals surface area contributed by atoms with Crippen LogP contribution in [-0.2, 0) is 5.41 Å². The quantitative estimate of drug-likeness (QED) is 0.218. The number of nitrogens with zero attached hydrogens (tertiary/aromatic N) is 2.